The number of Topliss-reactive ketones (excluding diaryl/α,β-unsaturated/α-hetero) is 1. The number of nitrogens with zero attached hydrogens (tertiary/aromatic N) is 3. The molecule has 0 aliphatic carbocycles. The van der Waals surface area contributed by atoms with Crippen molar-refractivity contribution in [1.29, 1.82) is 0 Å². The Labute approximate surface area is 188 Å². The lowest BCUT2D eigenvalue weighted by Gasteiger charge is -2.26. The summed E-state index contributed by atoms with van der Waals surface area (Å²) < 4.78 is 47.6. The molecule has 13 heteroatoms. The Hall–Kier alpha value is -3.32. The lowest BCUT2D eigenvalue weighted by atomic mass is 10.2. The van der Waals surface area contributed by atoms with E-state index in [-0.39, 0.29) is 24.5 Å². The first-order chi connectivity index (χ1) is 15.5. The minimum absolute atomic E-state index is 0.251. The van der Waals surface area contributed by atoms with Gasteiger partial charge in [-0.3, -0.25) is 18.7 Å². The number of carbonyl (C=O) groups excluding carboxylic acids is 2. The fourth-order valence-electron chi connectivity index (χ4n) is 3.48. The zero-order valence-electron chi connectivity index (χ0n) is 18.0. The molecule has 1 aliphatic heterocycles. The molecule has 2 aromatic rings. The van der Waals surface area contributed by atoms with Crippen LogP contribution in [0.25, 0.3) is 0 Å². The Bertz CT molecular complexity index is 1340. The molecule has 1 aliphatic rings. The zero-order valence-corrected chi connectivity index (χ0v) is 18.9. The van der Waals surface area contributed by atoms with Crippen LogP contribution in [-0.2, 0) is 28.9 Å². The molecule has 1 aromatic heterocycles. The molecule has 11 nitrogen and oxygen atoms in total. The highest BCUT2D eigenvalue weighted by molar-refractivity contribution is 7.89. The number of esters is 1. The molecule has 33 heavy (non-hydrogen) atoms. The topological polar surface area (TPSA) is 151 Å². The summed E-state index contributed by atoms with van der Waals surface area (Å²) in [6.45, 7) is -0.399. The Morgan fingerprint density at radius 3 is 2.36 bits per heavy atom. The van der Waals surface area contributed by atoms with E-state index < -0.39 is 55.9 Å². The molecule has 1 saturated heterocycles. The van der Waals surface area contributed by atoms with Crippen LogP contribution >= 0.6 is 0 Å². The SMILES string of the molecule is Cn1c(N)c(C(=O)COC(=O)c2ccc(F)c(S(=O)(=O)N3CCCCC3)c2)c(=O)n(C)c1=O. The van der Waals surface area contributed by atoms with Crippen LogP contribution in [0.4, 0.5) is 10.2 Å². The summed E-state index contributed by atoms with van der Waals surface area (Å²) in [5.74, 6) is -3.46. The van der Waals surface area contributed by atoms with Crippen LogP contribution in [0.15, 0.2) is 32.7 Å². The van der Waals surface area contributed by atoms with Gasteiger partial charge >= 0.3 is 11.7 Å². The summed E-state index contributed by atoms with van der Waals surface area (Å²) >= 11 is 0. The van der Waals surface area contributed by atoms with E-state index in [1.807, 2.05) is 0 Å². The number of ketones is 1. The van der Waals surface area contributed by atoms with Gasteiger partial charge in [-0.05, 0) is 31.0 Å². The molecule has 0 saturated carbocycles. The summed E-state index contributed by atoms with van der Waals surface area (Å²) in [5.41, 5.74) is 3.20. The third-order valence-corrected chi connectivity index (χ3v) is 7.34. The number of piperidine rings is 1. The maximum absolute atomic E-state index is 14.3. The van der Waals surface area contributed by atoms with Gasteiger partial charge in [-0.25, -0.2) is 22.4 Å². The summed E-state index contributed by atoms with van der Waals surface area (Å²) in [6, 6.07) is 2.71. The molecule has 0 spiro atoms. The standard InChI is InChI=1S/C20H23FN4O7S/c1-23-17(22)16(18(27)24(2)20(23)29)14(26)11-32-19(28)12-6-7-13(21)15(10-12)33(30,31)25-8-4-3-5-9-25/h6-7,10H,3-5,8-9,11,22H2,1-2H3. The summed E-state index contributed by atoms with van der Waals surface area (Å²) in [7, 11) is -1.73. The number of benzene rings is 1. The summed E-state index contributed by atoms with van der Waals surface area (Å²) in [4.78, 5) is 48.4. The average Bonchev–Trinajstić information content (AvgIpc) is 2.80. The minimum Gasteiger partial charge on any atom is -0.454 e. The van der Waals surface area contributed by atoms with Crippen molar-refractivity contribution < 1.29 is 27.1 Å². The van der Waals surface area contributed by atoms with E-state index in [0.717, 1.165) is 40.5 Å². The van der Waals surface area contributed by atoms with Crippen molar-refractivity contribution in [3.05, 3.63) is 56.0 Å². The second kappa shape index (κ2) is 9.27. The largest absolute Gasteiger partial charge is 0.454 e. The first kappa shape index (κ1) is 24.3. The minimum atomic E-state index is -4.16. The van der Waals surface area contributed by atoms with Crippen molar-refractivity contribution in [2.24, 2.45) is 14.1 Å². The lowest BCUT2D eigenvalue weighted by molar-refractivity contribution is 0.0474. The van der Waals surface area contributed by atoms with Crippen LogP contribution in [0.1, 0.15) is 40.0 Å². The fourth-order valence-corrected chi connectivity index (χ4v) is 5.09. The van der Waals surface area contributed by atoms with Crippen molar-refractivity contribution in [1.82, 2.24) is 13.4 Å². The molecule has 178 valence electrons. The Morgan fingerprint density at radius 2 is 1.73 bits per heavy atom. The highest BCUT2D eigenvalue weighted by Gasteiger charge is 2.30. The van der Waals surface area contributed by atoms with E-state index in [1.165, 1.54) is 7.05 Å². The van der Waals surface area contributed by atoms with Crippen LogP contribution in [-0.4, -0.2) is 53.3 Å². The van der Waals surface area contributed by atoms with Gasteiger partial charge in [0.2, 0.25) is 15.8 Å². The number of sulfonamides is 1. The smallest absolute Gasteiger partial charge is 0.338 e. The molecule has 1 aromatic carbocycles. The number of rotatable bonds is 6. The quantitative estimate of drug-likeness (QED) is 0.447. The van der Waals surface area contributed by atoms with E-state index in [4.69, 9.17) is 10.5 Å². The Balaban J connectivity index is 1.82. The fraction of sp³-hybridized carbons (Fsp3) is 0.400. The number of hydrogen-bond acceptors (Lipinski definition) is 8. The first-order valence-electron chi connectivity index (χ1n) is 10.0. The van der Waals surface area contributed by atoms with Crippen LogP contribution in [0, 0.1) is 5.82 Å². The van der Waals surface area contributed by atoms with Crippen LogP contribution in [0.2, 0.25) is 0 Å². The van der Waals surface area contributed by atoms with Crippen molar-refractivity contribution >= 4 is 27.6 Å². The van der Waals surface area contributed by atoms with Gasteiger partial charge < -0.3 is 10.5 Å². The highest BCUT2D eigenvalue weighted by atomic mass is 32.2. The molecular weight excluding hydrogens is 459 g/mol. The van der Waals surface area contributed by atoms with E-state index in [2.05, 4.69) is 0 Å². The van der Waals surface area contributed by atoms with Crippen LogP contribution in [0.5, 0.6) is 0 Å². The van der Waals surface area contributed by atoms with Gasteiger partial charge in [-0.15, -0.1) is 0 Å². The average molecular weight is 482 g/mol. The van der Waals surface area contributed by atoms with Gasteiger partial charge in [0.25, 0.3) is 5.56 Å². The molecule has 3 rings (SSSR count). The Kier molecular flexibility index (Phi) is 6.84. The van der Waals surface area contributed by atoms with Gasteiger partial charge in [0.15, 0.2) is 6.61 Å². The molecule has 2 heterocycles. The van der Waals surface area contributed by atoms with Gasteiger partial charge in [0, 0.05) is 27.2 Å². The molecule has 2 N–H and O–H groups in total. The molecule has 1 fully saturated rings. The van der Waals surface area contributed by atoms with E-state index >= 15 is 0 Å². The van der Waals surface area contributed by atoms with Gasteiger partial charge in [0.05, 0.1) is 5.56 Å². The van der Waals surface area contributed by atoms with Crippen molar-refractivity contribution in [3.8, 4) is 0 Å². The molecule has 0 amide bonds. The molecule has 0 bridgehead atoms. The molecule has 0 unspecified atom stereocenters. The number of aromatic nitrogens is 2. The van der Waals surface area contributed by atoms with Crippen molar-refractivity contribution in [2.45, 2.75) is 24.2 Å². The van der Waals surface area contributed by atoms with Crippen LogP contribution in [0.3, 0.4) is 0 Å². The number of hydrogen-bond donors (Lipinski definition) is 1. The lowest BCUT2D eigenvalue weighted by Crippen LogP contribution is -2.42. The van der Waals surface area contributed by atoms with Gasteiger partial charge in [-0.1, -0.05) is 6.42 Å². The third kappa shape index (κ3) is 4.59. The second-order valence-electron chi connectivity index (χ2n) is 7.58. The second-order valence-corrected chi connectivity index (χ2v) is 9.48. The molecular formula is C20H23FN4O7S. The third-order valence-electron chi connectivity index (χ3n) is 5.42. The number of anilines is 1. The maximum Gasteiger partial charge on any atom is 0.338 e. The van der Waals surface area contributed by atoms with E-state index in [1.54, 1.807) is 0 Å². The predicted molar refractivity (Wildman–Crippen MR) is 115 cm³/mol. The number of halogens is 1. The number of carbonyl (C=O) groups is 2. The molecule has 0 atom stereocenters. The molecule has 0 radical (unpaired) electrons. The maximum atomic E-state index is 14.3. The van der Waals surface area contributed by atoms with E-state index in [9.17, 15) is 32.0 Å². The monoisotopic (exact) mass is 482 g/mol. The Morgan fingerprint density at radius 1 is 1.09 bits per heavy atom. The van der Waals surface area contributed by atoms with Crippen LogP contribution < -0.4 is 17.0 Å². The number of nitrogen functional groups attached to an aromatic ring is 1. The summed E-state index contributed by atoms with van der Waals surface area (Å²) in [5, 5.41) is 0. The predicted octanol–water partition coefficient (Wildman–Crippen LogP) is 0.0196. The zero-order chi connectivity index (χ0) is 24.5. The van der Waals surface area contributed by atoms with Gasteiger partial charge in [0.1, 0.15) is 22.1 Å². The number of ether oxygens (including phenoxy) is 1. The normalized spacial score (nSPS) is 14.8. The van der Waals surface area contributed by atoms with E-state index in [0.29, 0.717) is 17.4 Å². The summed E-state index contributed by atoms with van der Waals surface area (Å²) in [6.07, 6.45) is 2.18. The van der Waals surface area contributed by atoms with Gasteiger partial charge in [-0.2, -0.15) is 4.31 Å². The highest BCUT2D eigenvalue weighted by Crippen LogP contribution is 2.24. The number of nitrogens with two attached hydrogens (primary N) is 1. The van der Waals surface area contributed by atoms with Crippen molar-refractivity contribution in [3.63, 3.8) is 0 Å². The first-order valence-corrected chi connectivity index (χ1v) is 11.5. The van der Waals surface area contributed by atoms with Crippen molar-refractivity contribution in [2.75, 3.05) is 25.4 Å².